The summed E-state index contributed by atoms with van der Waals surface area (Å²) in [6.45, 7) is 1.24. The Kier molecular flexibility index (Phi) is 9.44. The Labute approximate surface area is 151 Å². The third kappa shape index (κ3) is 7.27. The number of nitrogens with zero attached hydrogens (tertiary/aromatic N) is 4. The van der Waals surface area contributed by atoms with Crippen molar-refractivity contribution in [2.75, 3.05) is 46.7 Å². The maximum Gasteiger partial charge on any atom is 0.234 e. The molecule has 1 aliphatic heterocycles. The molecule has 1 saturated heterocycles. The van der Waals surface area contributed by atoms with Crippen LogP contribution >= 0.6 is 0 Å². The number of H-pyrrole nitrogens is 1. The zero-order valence-corrected chi connectivity index (χ0v) is 15.2. The van der Waals surface area contributed by atoms with E-state index in [4.69, 9.17) is 15.6 Å². The molecule has 2 aromatic rings. The number of imidazole rings is 1. The van der Waals surface area contributed by atoms with Gasteiger partial charge in [-0.3, -0.25) is 4.79 Å². The number of carbonyl (C=O) groups excluding carboxylic acids is 1. The molecule has 1 amide bonds. The lowest BCUT2D eigenvalue weighted by molar-refractivity contribution is -0.124. The summed E-state index contributed by atoms with van der Waals surface area (Å²) in [5.41, 5.74) is 6.78. The largest absolute Gasteiger partial charge is 0.400 e. The molecule has 0 spiro atoms. The molecule has 0 aromatic carbocycles. The highest BCUT2D eigenvalue weighted by Gasteiger charge is 2.22. The van der Waals surface area contributed by atoms with Crippen LogP contribution in [0.4, 0.5) is 5.82 Å². The monoisotopic (exact) mass is 369 g/mol. The van der Waals surface area contributed by atoms with Crippen molar-refractivity contribution in [3.63, 3.8) is 0 Å². The first-order chi connectivity index (χ1) is 12.5. The number of ether oxygens (including phenoxy) is 1. The van der Waals surface area contributed by atoms with E-state index in [-0.39, 0.29) is 11.9 Å². The van der Waals surface area contributed by atoms with E-state index >= 15 is 0 Å². The number of nitrogens with two attached hydrogens (primary N) is 1. The fourth-order valence-electron chi connectivity index (χ4n) is 2.26. The van der Waals surface area contributed by atoms with Crippen molar-refractivity contribution >= 4 is 22.9 Å². The molecule has 0 saturated carbocycles. The summed E-state index contributed by atoms with van der Waals surface area (Å²) in [6.07, 6.45) is 3.06. The number of rotatable bonds is 3. The van der Waals surface area contributed by atoms with Crippen LogP contribution in [0.3, 0.4) is 0 Å². The van der Waals surface area contributed by atoms with Crippen LogP contribution in [0.2, 0.25) is 0 Å². The van der Waals surface area contributed by atoms with E-state index in [1.165, 1.54) is 12.7 Å². The zero-order valence-electron chi connectivity index (χ0n) is 15.2. The lowest BCUT2D eigenvalue weighted by Gasteiger charge is -2.27. The number of nitrogen functional groups attached to an aromatic ring is 1. The SMILES string of the molecule is CN(C)CC(=O)NC1COCC(O)C1.CO.Nc1ncnc2nc[nH]c12. The highest BCUT2D eigenvalue weighted by Crippen LogP contribution is 2.09. The highest BCUT2D eigenvalue weighted by atomic mass is 16.5. The van der Waals surface area contributed by atoms with E-state index in [9.17, 15) is 9.90 Å². The van der Waals surface area contributed by atoms with E-state index in [0.29, 0.717) is 43.2 Å². The van der Waals surface area contributed by atoms with Crippen LogP contribution in [0.15, 0.2) is 12.7 Å². The number of aromatic amines is 1. The number of hydrogen-bond acceptors (Lipinski definition) is 9. The molecule has 2 atom stereocenters. The molecule has 0 radical (unpaired) electrons. The van der Waals surface area contributed by atoms with Crippen LogP contribution < -0.4 is 11.1 Å². The molecule has 6 N–H and O–H groups in total. The van der Waals surface area contributed by atoms with Gasteiger partial charge in [0.05, 0.1) is 38.2 Å². The van der Waals surface area contributed by atoms with E-state index in [1.807, 2.05) is 14.1 Å². The fourth-order valence-corrected chi connectivity index (χ4v) is 2.26. The summed E-state index contributed by atoms with van der Waals surface area (Å²) < 4.78 is 5.12. The molecule has 0 aliphatic carbocycles. The fraction of sp³-hybridized carbons (Fsp3) is 0.600. The summed E-state index contributed by atoms with van der Waals surface area (Å²) in [6, 6.07) is -0.0498. The van der Waals surface area contributed by atoms with Crippen molar-refractivity contribution in [2.45, 2.75) is 18.6 Å². The number of nitrogens with one attached hydrogen (secondary N) is 2. The predicted molar refractivity (Wildman–Crippen MR) is 96.2 cm³/mol. The van der Waals surface area contributed by atoms with Gasteiger partial charge in [-0.25, -0.2) is 15.0 Å². The van der Waals surface area contributed by atoms with Crippen molar-refractivity contribution in [3.05, 3.63) is 12.7 Å². The van der Waals surface area contributed by atoms with Crippen LogP contribution in [0, 0.1) is 0 Å². The van der Waals surface area contributed by atoms with Crippen molar-refractivity contribution < 1.29 is 19.7 Å². The number of anilines is 1. The van der Waals surface area contributed by atoms with Gasteiger partial charge >= 0.3 is 0 Å². The number of carbonyl (C=O) groups is 1. The van der Waals surface area contributed by atoms with Gasteiger partial charge in [-0.1, -0.05) is 0 Å². The standard InChI is InChI=1S/C9H18N2O3.C5H5N5.CH4O/c1-11(2)4-9(13)10-7-3-8(12)6-14-5-7;6-4-3-5(9-1-7-3)10-2-8-4;1-2/h7-8,12H,3-6H2,1-2H3,(H,10,13);1-2H,(H3,6,7,8,9,10);2H,1H3. The van der Waals surface area contributed by atoms with Crippen molar-refractivity contribution in [1.29, 1.82) is 0 Å². The Hall–Kier alpha value is -2.34. The highest BCUT2D eigenvalue weighted by molar-refractivity contribution is 5.80. The number of aromatic nitrogens is 4. The molecule has 26 heavy (non-hydrogen) atoms. The molecular formula is C15H27N7O4. The third-order valence-corrected chi connectivity index (χ3v) is 3.26. The van der Waals surface area contributed by atoms with Crippen LogP contribution in [-0.4, -0.2) is 94.1 Å². The number of amides is 1. The topological polar surface area (TPSA) is 163 Å². The minimum absolute atomic E-state index is 0.0299. The second-order valence-electron chi connectivity index (χ2n) is 5.79. The molecule has 11 heteroatoms. The van der Waals surface area contributed by atoms with Gasteiger partial charge < -0.3 is 35.9 Å². The van der Waals surface area contributed by atoms with E-state index in [0.717, 1.165) is 7.11 Å². The number of fused-ring (bicyclic) bond motifs is 1. The Balaban J connectivity index is 0.000000246. The summed E-state index contributed by atoms with van der Waals surface area (Å²) in [7, 11) is 4.68. The van der Waals surface area contributed by atoms with Gasteiger partial charge in [0, 0.05) is 7.11 Å². The van der Waals surface area contributed by atoms with Gasteiger partial charge in [-0.05, 0) is 20.5 Å². The second-order valence-corrected chi connectivity index (χ2v) is 5.79. The Morgan fingerprint density at radius 3 is 2.73 bits per heavy atom. The summed E-state index contributed by atoms with van der Waals surface area (Å²) in [4.78, 5) is 27.5. The molecule has 2 unspecified atom stereocenters. The summed E-state index contributed by atoms with van der Waals surface area (Å²) >= 11 is 0. The Morgan fingerprint density at radius 2 is 2.12 bits per heavy atom. The van der Waals surface area contributed by atoms with Gasteiger partial charge in [0.25, 0.3) is 0 Å². The molecule has 0 bridgehead atoms. The van der Waals surface area contributed by atoms with Crippen LogP contribution in [-0.2, 0) is 9.53 Å². The molecule has 146 valence electrons. The maximum absolute atomic E-state index is 11.3. The third-order valence-electron chi connectivity index (χ3n) is 3.26. The quantitative estimate of drug-likeness (QED) is 0.427. The predicted octanol–water partition coefficient (Wildman–Crippen LogP) is -1.64. The molecule has 3 heterocycles. The minimum Gasteiger partial charge on any atom is -0.400 e. The lowest BCUT2D eigenvalue weighted by Crippen LogP contribution is -2.47. The molecule has 11 nitrogen and oxygen atoms in total. The average molecular weight is 369 g/mol. The average Bonchev–Trinajstić information content (AvgIpc) is 3.07. The first-order valence-corrected chi connectivity index (χ1v) is 8.00. The van der Waals surface area contributed by atoms with E-state index in [2.05, 4.69) is 25.3 Å². The van der Waals surface area contributed by atoms with E-state index < -0.39 is 6.10 Å². The number of aliphatic hydroxyl groups excluding tert-OH is 2. The van der Waals surface area contributed by atoms with Crippen molar-refractivity contribution in [3.8, 4) is 0 Å². The second kappa shape index (κ2) is 11.3. The lowest BCUT2D eigenvalue weighted by atomic mass is 10.1. The van der Waals surface area contributed by atoms with Gasteiger partial charge in [0.2, 0.25) is 5.91 Å². The summed E-state index contributed by atoms with van der Waals surface area (Å²) in [5.74, 6) is 0.403. The van der Waals surface area contributed by atoms with Crippen molar-refractivity contribution in [1.82, 2.24) is 30.2 Å². The molecule has 1 aliphatic rings. The molecule has 2 aromatic heterocycles. The van der Waals surface area contributed by atoms with E-state index in [1.54, 1.807) is 4.90 Å². The minimum atomic E-state index is -0.451. The molecule has 1 fully saturated rings. The smallest absolute Gasteiger partial charge is 0.234 e. The van der Waals surface area contributed by atoms with Crippen LogP contribution in [0.1, 0.15) is 6.42 Å². The Morgan fingerprint density at radius 1 is 1.38 bits per heavy atom. The molecular weight excluding hydrogens is 342 g/mol. The number of aliphatic hydroxyl groups is 2. The first-order valence-electron chi connectivity index (χ1n) is 8.00. The van der Waals surface area contributed by atoms with Gasteiger partial charge in [0.1, 0.15) is 11.8 Å². The maximum atomic E-state index is 11.3. The zero-order chi connectivity index (χ0) is 19.5. The Bertz CT molecular complexity index is 664. The van der Waals surface area contributed by atoms with Crippen LogP contribution in [0.5, 0.6) is 0 Å². The van der Waals surface area contributed by atoms with Gasteiger partial charge in [-0.2, -0.15) is 0 Å². The van der Waals surface area contributed by atoms with Gasteiger partial charge in [-0.15, -0.1) is 0 Å². The normalized spacial score (nSPS) is 19.2. The first kappa shape index (κ1) is 21.7. The van der Waals surface area contributed by atoms with Crippen LogP contribution in [0.25, 0.3) is 11.2 Å². The van der Waals surface area contributed by atoms with Crippen molar-refractivity contribution in [2.24, 2.45) is 0 Å². The molecule has 3 rings (SSSR count). The number of hydrogen-bond donors (Lipinski definition) is 5. The summed E-state index contributed by atoms with van der Waals surface area (Å²) in [5, 5.41) is 19.1. The number of likely N-dealkylation sites (N-methyl/N-ethyl adjacent to an activating group) is 1. The van der Waals surface area contributed by atoms with Gasteiger partial charge in [0.15, 0.2) is 11.5 Å².